The van der Waals surface area contributed by atoms with Gasteiger partial charge in [-0.15, -0.1) is 0 Å². The topological polar surface area (TPSA) is 69.5 Å². The highest BCUT2D eigenvalue weighted by atomic mass is 16.5. The highest BCUT2D eigenvalue weighted by molar-refractivity contribution is 5.89. The molecule has 0 bridgehead atoms. The average Bonchev–Trinajstić information content (AvgIpc) is 2.68. The van der Waals surface area contributed by atoms with Crippen LogP contribution in [0.4, 0.5) is 5.82 Å². The molecule has 25 heavy (non-hydrogen) atoms. The van der Waals surface area contributed by atoms with Crippen molar-refractivity contribution in [1.29, 1.82) is 5.26 Å². The van der Waals surface area contributed by atoms with Crippen molar-refractivity contribution in [1.82, 2.24) is 9.88 Å². The van der Waals surface area contributed by atoms with Crippen LogP contribution in [0, 0.1) is 11.3 Å². The minimum atomic E-state index is -0.310. The first kappa shape index (κ1) is 16.9. The monoisotopic (exact) mass is 336 g/mol. The number of esters is 1. The van der Waals surface area contributed by atoms with E-state index in [9.17, 15) is 4.79 Å². The van der Waals surface area contributed by atoms with Crippen molar-refractivity contribution in [3.63, 3.8) is 0 Å². The van der Waals surface area contributed by atoms with Crippen LogP contribution in [0.2, 0.25) is 0 Å². The van der Waals surface area contributed by atoms with Crippen LogP contribution in [0.15, 0.2) is 42.6 Å². The van der Waals surface area contributed by atoms with Crippen LogP contribution in [0.25, 0.3) is 0 Å². The Bertz CT molecular complexity index is 792. The number of rotatable bonds is 4. The summed E-state index contributed by atoms with van der Waals surface area (Å²) >= 11 is 0. The predicted octanol–water partition coefficient (Wildman–Crippen LogP) is 2.06. The van der Waals surface area contributed by atoms with Crippen molar-refractivity contribution in [2.45, 2.75) is 6.54 Å². The first-order valence-corrected chi connectivity index (χ1v) is 8.20. The second-order valence-electron chi connectivity index (χ2n) is 5.97. The number of aromatic nitrogens is 1. The summed E-state index contributed by atoms with van der Waals surface area (Å²) in [6, 6.07) is 13.3. The van der Waals surface area contributed by atoms with E-state index in [-0.39, 0.29) is 5.97 Å². The lowest BCUT2D eigenvalue weighted by atomic mass is 10.1. The second kappa shape index (κ2) is 7.77. The van der Waals surface area contributed by atoms with E-state index < -0.39 is 0 Å². The van der Waals surface area contributed by atoms with E-state index in [2.05, 4.69) is 20.9 Å². The number of nitriles is 1. The number of carbonyl (C=O) groups is 1. The normalized spacial score (nSPS) is 14.8. The summed E-state index contributed by atoms with van der Waals surface area (Å²) in [6.07, 6.45) is 1.68. The lowest BCUT2D eigenvalue weighted by Gasteiger charge is -2.35. The van der Waals surface area contributed by atoms with Gasteiger partial charge < -0.3 is 9.64 Å². The third kappa shape index (κ3) is 4.14. The van der Waals surface area contributed by atoms with Crippen molar-refractivity contribution in [3.8, 4) is 6.07 Å². The van der Waals surface area contributed by atoms with Crippen LogP contribution >= 0.6 is 0 Å². The van der Waals surface area contributed by atoms with E-state index >= 15 is 0 Å². The Hall–Kier alpha value is -2.91. The maximum absolute atomic E-state index is 11.6. The van der Waals surface area contributed by atoms with Gasteiger partial charge in [0.1, 0.15) is 5.82 Å². The molecule has 128 valence electrons. The quantitative estimate of drug-likeness (QED) is 0.796. The molecular weight excluding hydrogens is 316 g/mol. The fourth-order valence-electron chi connectivity index (χ4n) is 2.97. The summed E-state index contributed by atoms with van der Waals surface area (Å²) in [7, 11) is 1.39. The number of hydrogen-bond donors (Lipinski definition) is 0. The molecule has 6 heteroatoms. The van der Waals surface area contributed by atoms with Gasteiger partial charge in [0, 0.05) is 38.9 Å². The third-order valence-electron chi connectivity index (χ3n) is 4.33. The van der Waals surface area contributed by atoms with Gasteiger partial charge in [-0.05, 0) is 29.8 Å². The summed E-state index contributed by atoms with van der Waals surface area (Å²) in [5.41, 5.74) is 2.31. The lowest BCUT2D eigenvalue weighted by molar-refractivity contribution is 0.0600. The van der Waals surface area contributed by atoms with Crippen molar-refractivity contribution >= 4 is 11.8 Å². The second-order valence-corrected chi connectivity index (χ2v) is 5.97. The van der Waals surface area contributed by atoms with Gasteiger partial charge in [-0.1, -0.05) is 12.1 Å². The van der Waals surface area contributed by atoms with Gasteiger partial charge in [0.2, 0.25) is 0 Å². The summed E-state index contributed by atoms with van der Waals surface area (Å²) in [5, 5.41) is 9.01. The molecule has 6 nitrogen and oxygen atoms in total. The van der Waals surface area contributed by atoms with Crippen LogP contribution in [-0.2, 0) is 11.3 Å². The van der Waals surface area contributed by atoms with Crippen LogP contribution in [0.5, 0.6) is 0 Å². The predicted molar refractivity (Wildman–Crippen MR) is 94.2 cm³/mol. The summed E-state index contributed by atoms with van der Waals surface area (Å²) in [5.74, 6) is 0.543. The van der Waals surface area contributed by atoms with E-state index in [0.29, 0.717) is 11.1 Å². The fraction of sp³-hybridized carbons (Fsp3) is 0.316. The number of benzene rings is 1. The standard InChI is InChI=1S/C19H20N4O2/c1-25-19(24)17-4-2-3-16(11-17)14-22-7-9-23(10-8-22)18-12-15(13-20)5-6-21-18/h2-6,11-12H,7-10,14H2,1H3. The van der Waals surface area contributed by atoms with Crippen molar-refractivity contribution in [2.24, 2.45) is 0 Å². The van der Waals surface area contributed by atoms with Crippen molar-refractivity contribution < 1.29 is 9.53 Å². The van der Waals surface area contributed by atoms with E-state index in [4.69, 9.17) is 10.00 Å². The Morgan fingerprint density at radius 1 is 1.24 bits per heavy atom. The molecule has 3 rings (SSSR count). The zero-order chi connectivity index (χ0) is 17.6. The zero-order valence-electron chi connectivity index (χ0n) is 14.2. The van der Waals surface area contributed by atoms with Crippen LogP contribution in [0.3, 0.4) is 0 Å². The maximum Gasteiger partial charge on any atom is 0.337 e. The van der Waals surface area contributed by atoms with Gasteiger partial charge in [-0.25, -0.2) is 9.78 Å². The number of piperazine rings is 1. The highest BCUT2D eigenvalue weighted by Crippen LogP contribution is 2.16. The Morgan fingerprint density at radius 3 is 2.76 bits per heavy atom. The molecule has 0 aliphatic carbocycles. The van der Waals surface area contributed by atoms with Crippen molar-refractivity contribution in [2.75, 3.05) is 38.2 Å². The van der Waals surface area contributed by atoms with Crippen LogP contribution in [-0.4, -0.2) is 49.1 Å². The number of anilines is 1. The molecule has 0 atom stereocenters. The summed E-state index contributed by atoms with van der Waals surface area (Å²) in [4.78, 5) is 20.5. The Balaban J connectivity index is 1.59. The third-order valence-corrected chi connectivity index (χ3v) is 4.33. The molecule has 0 amide bonds. The Morgan fingerprint density at radius 2 is 2.04 bits per heavy atom. The molecule has 2 aromatic rings. The van der Waals surface area contributed by atoms with Gasteiger partial charge >= 0.3 is 5.97 Å². The van der Waals surface area contributed by atoms with E-state index in [1.807, 2.05) is 24.3 Å². The number of pyridine rings is 1. The Kier molecular flexibility index (Phi) is 5.26. The van der Waals surface area contributed by atoms with E-state index in [1.165, 1.54) is 7.11 Å². The van der Waals surface area contributed by atoms with Gasteiger partial charge in [-0.3, -0.25) is 4.90 Å². The molecule has 1 aliphatic heterocycles. The number of nitrogens with zero attached hydrogens (tertiary/aromatic N) is 4. The molecule has 1 saturated heterocycles. The smallest absolute Gasteiger partial charge is 0.337 e. The van der Waals surface area contributed by atoms with Crippen molar-refractivity contribution in [3.05, 3.63) is 59.3 Å². The molecule has 1 aromatic heterocycles. The van der Waals surface area contributed by atoms with E-state index in [1.54, 1.807) is 18.3 Å². The molecule has 0 radical (unpaired) electrons. The van der Waals surface area contributed by atoms with Gasteiger partial charge in [0.25, 0.3) is 0 Å². The highest BCUT2D eigenvalue weighted by Gasteiger charge is 2.18. The number of carbonyl (C=O) groups excluding carboxylic acids is 1. The van der Waals surface area contributed by atoms with Gasteiger partial charge in [0.05, 0.1) is 24.3 Å². The average molecular weight is 336 g/mol. The fourth-order valence-corrected chi connectivity index (χ4v) is 2.97. The lowest BCUT2D eigenvalue weighted by Crippen LogP contribution is -2.46. The zero-order valence-corrected chi connectivity index (χ0v) is 14.2. The molecule has 2 heterocycles. The molecule has 0 saturated carbocycles. The minimum absolute atomic E-state index is 0.310. The number of ether oxygens (including phenoxy) is 1. The molecule has 0 unspecified atom stereocenters. The minimum Gasteiger partial charge on any atom is -0.465 e. The first-order chi connectivity index (χ1) is 12.2. The van der Waals surface area contributed by atoms with E-state index in [0.717, 1.165) is 44.1 Å². The van der Waals surface area contributed by atoms with Gasteiger partial charge in [-0.2, -0.15) is 5.26 Å². The summed E-state index contributed by atoms with van der Waals surface area (Å²) in [6.45, 7) is 4.32. The number of hydrogen-bond acceptors (Lipinski definition) is 6. The van der Waals surface area contributed by atoms with Crippen LogP contribution < -0.4 is 4.90 Å². The Labute approximate surface area is 147 Å². The maximum atomic E-state index is 11.6. The van der Waals surface area contributed by atoms with Crippen LogP contribution in [0.1, 0.15) is 21.5 Å². The summed E-state index contributed by atoms with van der Waals surface area (Å²) < 4.78 is 4.77. The molecule has 1 fully saturated rings. The molecule has 0 spiro atoms. The molecule has 1 aliphatic rings. The molecule has 0 N–H and O–H groups in total. The molecular formula is C19H20N4O2. The molecule has 1 aromatic carbocycles. The largest absolute Gasteiger partial charge is 0.465 e. The SMILES string of the molecule is COC(=O)c1cccc(CN2CCN(c3cc(C#N)ccn3)CC2)c1. The first-order valence-electron chi connectivity index (χ1n) is 8.20. The number of methoxy groups -OCH3 is 1. The van der Waals surface area contributed by atoms with Gasteiger partial charge in [0.15, 0.2) is 0 Å².